The molecule has 0 bridgehead atoms. The normalized spacial score (nSPS) is 13.5. The predicted molar refractivity (Wildman–Crippen MR) is 139 cm³/mol. The number of urea groups is 1. The molecule has 0 aliphatic heterocycles. The van der Waals surface area contributed by atoms with Gasteiger partial charge in [0.15, 0.2) is 11.0 Å². The van der Waals surface area contributed by atoms with Crippen molar-refractivity contribution in [2.45, 2.75) is 26.9 Å². The molecule has 0 spiro atoms. The number of aliphatic imine (C=N–C) groups is 2. The lowest BCUT2D eigenvalue weighted by atomic mass is 10.0. The number of carbonyl (C=O) groups excluding carboxylic acids is 1. The van der Waals surface area contributed by atoms with Crippen molar-refractivity contribution in [3.05, 3.63) is 48.3 Å². The van der Waals surface area contributed by atoms with Crippen molar-refractivity contribution in [1.29, 1.82) is 0 Å². The number of benzene rings is 1. The molecule has 2 aromatic heterocycles. The summed E-state index contributed by atoms with van der Waals surface area (Å²) in [5, 5.41) is 5.87. The molecular weight excluding hydrogens is 491 g/mol. The molecule has 0 fully saturated rings. The minimum atomic E-state index is -4.71. The summed E-state index contributed by atoms with van der Waals surface area (Å²) in [5.41, 5.74) is 3.73. The zero-order valence-corrected chi connectivity index (χ0v) is 21.0. The molecule has 13 heteroatoms. The number of amidine groups is 1. The number of amides is 2. The number of rotatable bonds is 8. The Bertz CT molecular complexity index is 1330. The molecule has 11 nitrogen and oxygen atoms in total. The first-order chi connectivity index (χ1) is 16.6. The van der Waals surface area contributed by atoms with Crippen LogP contribution in [0.4, 0.5) is 9.93 Å². The van der Waals surface area contributed by atoms with E-state index in [1.54, 1.807) is 6.20 Å². The molecule has 0 aliphatic rings. The molecule has 184 valence electrons. The van der Waals surface area contributed by atoms with Gasteiger partial charge in [0, 0.05) is 24.5 Å². The average Bonchev–Trinajstić information content (AvgIpc) is 3.20. The van der Waals surface area contributed by atoms with E-state index in [9.17, 15) is 9.36 Å². The average molecular weight is 517 g/mol. The van der Waals surface area contributed by atoms with Gasteiger partial charge in [0.25, 0.3) is 0 Å². The summed E-state index contributed by atoms with van der Waals surface area (Å²) in [7, 11) is -4.71. The highest BCUT2D eigenvalue weighted by Crippen LogP contribution is 2.38. The number of nitrogens with zero attached hydrogens (tertiary/aromatic N) is 4. The first kappa shape index (κ1) is 26.3. The standard InChI is InChI=1S/C22H25N6O5PS/c1-5-24-21(29)28-22-27-18-11-15(10-16(19(18)35-22)17-8-6-7-9-25-17)13(2)12-26-20(23-4)14(3)33-34(30,31)32/h6-12,14H,4-5H2,1-3H3,(H2,30,31,32)(H2,24,27,28,29)/b13-12+,26-20?/t14-/m0/s1. The molecule has 0 radical (unpaired) electrons. The van der Waals surface area contributed by atoms with Gasteiger partial charge in [-0.25, -0.2) is 24.3 Å². The van der Waals surface area contributed by atoms with Crippen molar-refractivity contribution in [2.24, 2.45) is 9.98 Å². The fourth-order valence-corrected chi connectivity index (χ4v) is 4.56. The smallest absolute Gasteiger partial charge is 0.338 e. The molecule has 4 N–H and O–H groups in total. The Hall–Kier alpha value is -3.28. The molecule has 1 aromatic carbocycles. The number of phosphoric acid groups is 1. The van der Waals surface area contributed by atoms with Crippen molar-refractivity contribution in [2.75, 3.05) is 11.9 Å². The van der Waals surface area contributed by atoms with E-state index in [0.29, 0.717) is 17.2 Å². The van der Waals surface area contributed by atoms with Crippen LogP contribution in [0.3, 0.4) is 0 Å². The lowest BCUT2D eigenvalue weighted by Crippen LogP contribution is -2.28. The summed E-state index contributed by atoms with van der Waals surface area (Å²) >= 11 is 1.34. The Morgan fingerprint density at radius 3 is 2.77 bits per heavy atom. The number of nitrogens with one attached hydrogen (secondary N) is 2. The highest BCUT2D eigenvalue weighted by Gasteiger charge is 2.22. The zero-order chi connectivity index (χ0) is 25.6. The highest BCUT2D eigenvalue weighted by atomic mass is 32.1. The van der Waals surface area contributed by atoms with E-state index in [1.165, 1.54) is 24.5 Å². The summed E-state index contributed by atoms with van der Waals surface area (Å²) in [5.74, 6) is 0.0146. The molecule has 0 saturated carbocycles. The fraction of sp³-hybridized carbons (Fsp3) is 0.227. The van der Waals surface area contributed by atoms with Gasteiger partial charge < -0.3 is 15.1 Å². The van der Waals surface area contributed by atoms with Crippen molar-refractivity contribution < 1.29 is 23.7 Å². The van der Waals surface area contributed by atoms with Crippen LogP contribution in [0.25, 0.3) is 27.0 Å². The minimum absolute atomic E-state index is 0.0146. The number of carbonyl (C=O) groups is 1. The van der Waals surface area contributed by atoms with Crippen molar-refractivity contribution >= 4 is 58.7 Å². The second kappa shape index (κ2) is 11.4. The number of fused-ring (bicyclic) bond motifs is 1. The minimum Gasteiger partial charge on any atom is -0.338 e. The Morgan fingerprint density at radius 2 is 2.14 bits per heavy atom. The number of hydrogen-bond acceptors (Lipinski definition) is 7. The monoisotopic (exact) mass is 516 g/mol. The summed E-state index contributed by atoms with van der Waals surface area (Å²) in [4.78, 5) is 47.0. The Kier molecular flexibility index (Phi) is 8.60. The summed E-state index contributed by atoms with van der Waals surface area (Å²) in [6.45, 7) is 8.95. The molecule has 2 amide bonds. The SMILES string of the molecule is C=NC(=N/C=C(\C)c1cc(-c2ccccn2)c2sc(NC(=O)NCC)nc2c1)[C@H](C)OP(=O)(O)O. The van der Waals surface area contributed by atoms with Crippen LogP contribution in [-0.4, -0.2) is 51.0 Å². The number of pyridine rings is 1. The molecule has 0 unspecified atom stereocenters. The second-order valence-corrected chi connectivity index (χ2v) is 9.48. The van der Waals surface area contributed by atoms with Gasteiger partial charge in [-0.1, -0.05) is 17.4 Å². The maximum atomic E-state index is 12.0. The van der Waals surface area contributed by atoms with Crippen LogP contribution in [0.2, 0.25) is 0 Å². The van der Waals surface area contributed by atoms with E-state index in [2.05, 4.69) is 41.8 Å². The molecule has 0 saturated heterocycles. The van der Waals surface area contributed by atoms with E-state index < -0.39 is 13.9 Å². The predicted octanol–water partition coefficient (Wildman–Crippen LogP) is 4.46. The van der Waals surface area contributed by atoms with E-state index >= 15 is 0 Å². The first-order valence-corrected chi connectivity index (χ1v) is 12.8. The van der Waals surface area contributed by atoms with E-state index in [0.717, 1.165) is 27.1 Å². The summed E-state index contributed by atoms with van der Waals surface area (Å²) < 4.78 is 16.6. The van der Waals surface area contributed by atoms with Crippen molar-refractivity contribution in [3.63, 3.8) is 0 Å². The zero-order valence-electron chi connectivity index (χ0n) is 19.3. The Labute approximate surface area is 206 Å². The lowest BCUT2D eigenvalue weighted by Gasteiger charge is -2.12. The molecule has 1 atom stereocenters. The largest absolute Gasteiger partial charge is 0.470 e. The van der Waals surface area contributed by atoms with Gasteiger partial charge in [0.1, 0.15) is 6.10 Å². The summed E-state index contributed by atoms with van der Waals surface area (Å²) in [6, 6.07) is 9.05. The lowest BCUT2D eigenvalue weighted by molar-refractivity contribution is 0.180. The van der Waals surface area contributed by atoms with Gasteiger partial charge in [0.2, 0.25) is 0 Å². The van der Waals surface area contributed by atoms with Crippen molar-refractivity contribution in [1.82, 2.24) is 15.3 Å². The third-order valence-corrected chi connectivity index (χ3v) is 6.27. The molecule has 2 heterocycles. The van der Waals surface area contributed by atoms with Crippen LogP contribution in [0.5, 0.6) is 0 Å². The quantitative estimate of drug-likeness (QED) is 0.195. The van der Waals surface area contributed by atoms with E-state index in [1.807, 2.05) is 44.2 Å². The van der Waals surface area contributed by atoms with E-state index in [4.69, 9.17) is 9.79 Å². The molecule has 35 heavy (non-hydrogen) atoms. The number of anilines is 1. The van der Waals surface area contributed by atoms with Crippen LogP contribution < -0.4 is 10.6 Å². The van der Waals surface area contributed by atoms with Gasteiger partial charge in [-0.3, -0.25) is 14.8 Å². The topological polar surface area (TPSA) is 158 Å². The Morgan fingerprint density at radius 1 is 1.37 bits per heavy atom. The molecule has 3 rings (SSSR count). The van der Waals surface area contributed by atoms with Gasteiger partial charge in [-0.05, 0) is 62.9 Å². The van der Waals surface area contributed by atoms with Crippen molar-refractivity contribution in [3.8, 4) is 11.3 Å². The highest BCUT2D eigenvalue weighted by molar-refractivity contribution is 7.46. The van der Waals surface area contributed by atoms with Crippen LogP contribution in [0.15, 0.2) is 52.7 Å². The third kappa shape index (κ3) is 7.10. The van der Waals surface area contributed by atoms with Gasteiger partial charge in [-0.2, -0.15) is 0 Å². The number of aromatic nitrogens is 2. The second-order valence-electron chi connectivity index (χ2n) is 7.29. The van der Waals surface area contributed by atoms with Gasteiger partial charge in [0.05, 0.1) is 15.9 Å². The maximum absolute atomic E-state index is 12.0. The molecule has 3 aromatic rings. The van der Waals surface area contributed by atoms with Gasteiger partial charge >= 0.3 is 13.9 Å². The van der Waals surface area contributed by atoms with Crippen LogP contribution in [-0.2, 0) is 9.09 Å². The number of allylic oxidation sites excluding steroid dienone is 1. The summed E-state index contributed by atoms with van der Waals surface area (Å²) in [6.07, 6.45) is 2.14. The number of phosphoric ester groups is 1. The van der Waals surface area contributed by atoms with Crippen LogP contribution in [0.1, 0.15) is 26.3 Å². The van der Waals surface area contributed by atoms with E-state index in [-0.39, 0.29) is 11.9 Å². The fourth-order valence-electron chi connectivity index (χ4n) is 3.09. The number of hydrogen-bond donors (Lipinski definition) is 4. The first-order valence-electron chi connectivity index (χ1n) is 10.5. The maximum Gasteiger partial charge on any atom is 0.470 e. The van der Waals surface area contributed by atoms with Crippen LogP contribution >= 0.6 is 19.2 Å². The Balaban J connectivity index is 2.05. The number of thiazole rings is 1. The third-order valence-electron chi connectivity index (χ3n) is 4.66. The van der Waals surface area contributed by atoms with Gasteiger partial charge in [-0.15, -0.1) is 0 Å². The van der Waals surface area contributed by atoms with Crippen LogP contribution in [0, 0.1) is 0 Å². The molecule has 0 aliphatic carbocycles. The molecular formula is C22H25N6O5PS.